The summed E-state index contributed by atoms with van der Waals surface area (Å²) in [5.41, 5.74) is 5.18. The van der Waals surface area contributed by atoms with Gasteiger partial charge in [0, 0.05) is 12.2 Å². The van der Waals surface area contributed by atoms with Crippen LogP contribution in [0, 0.1) is 11.7 Å². The monoisotopic (exact) mass is 292 g/mol. The van der Waals surface area contributed by atoms with Crippen LogP contribution in [0.2, 0.25) is 0 Å². The SMILES string of the molecule is CC(C)CN(CC(F)(F)F)C(=O)c1ccc(F)cc1N. The van der Waals surface area contributed by atoms with Crippen LogP contribution in [-0.2, 0) is 0 Å². The van der Waals surface area contributed by atoms with Gasteiger partial charge in [-0.25, -0.2) is 4.39 Å². The molecule has 2 N–H and O–H groups in total. The van der Waals surface area contributed by atoms with Gasteiger partial charge < -0.3 is 10.6 Å². The number of alkyl halides is 3. The molecule has 0 fully saturated rings. The third-order valence-electron chi connectivity index (χ3n) is 2.49. The van der Waals surface area contributed by atoms with Crippen LogP contribution < -0.4 is 5.73 Å². The van der Waals surface area contributed by atoms with Gasteiger partial charge >= 0.3 is 6.18 Å². The summed E-state index contributed by atoms with van der Waals surface area (Å²) in [6.07, 6.45) is -4.50. The van der Waals surface area contributed by atoms with Crippen molar-refractivity contribution in [2.75, 3.05) is 18.8 Å². The van der Waals surface area contributed by atoms with E-state index in [2.05, 4.69) is 0 Å². The summed E-state index contributed by atoms with van der Waals surface area (Å²) in [6.45, 7) is 1.98. The normalized spacial score (nSPS) is 11.8. The number of benzene rings is 1. The Morgan fingerprint density at radius 1 is 1.35 bits per heavy atom. The first-order valence-corrected chi connectivity index (χ1v) is 6.01. The van der Waals surface area contributed by atoms with Crippen molar-refractivity contribution >= 4 is 11.6 Å². The zero-order valence-electron chi connectivity index (χ0n) is 11.2. The fraction of sp³-hybridized carbons (Fsp3) is 0.462. The van der Waals surface area contributed by atoms with Crippen molar-refractivity contribution < 1.29 is 22.4 Å². The molecule has 7 heteroatoms. The lowest BCUT2D eigenvalue weighted by Crippen LogP contribution is -2.41. The second kappa shape index (κ2) is 6.11. The molecule has 1 rings (SSSR count). The quantitative estimate of drug-likeness (QED) is 0.685. The molecule has 0 bridgehead atoms. The average Bonchev–Trinajstić information content (AvgIpc) is 2.24. The minimum atomic E-state index is -4.50. The van der Waals surface area contributed by atoms with Crippen molar-refractivity contribution in [1.82, 2.24) is 4.90 Å². The van der Waals surface area contributed by atoms with Crippen molar-refractivity contribution in [2.45, 2.75) is 20.0 Å². The standard InChI is InChI=1S/C13H16F4N2O/c1-8(2)6-19(7-13(15,16)17)12(20)10-4-3-9(14)5-11(10)18/h3-5,8H,6-7,18H2,1-2H3. The first kappa shape index (κ1) is 16.3. The molecule has 0 unspecified atom stereocenters. The molecule has 0 saturated carbocycles. The molecule has 0 radical (unpaired) electrons. The molecule has 20 heavy (non-hydrogen) atoms. The van der Waals surface area contributed by atoms with Crippen LogP contribution in [0.15, 0.2) is 18.2 Å². The van der Waals surface area contributed by atoms with E-state index in [0.29, 0.717) is 4.90 Å². The third-order valence-corrected chi connectivity index (χ3v) is 2.49. The molecule has 0 saturated heterocycles. The fourth-order valence-corrected chi connectivity index (χ4v) is 1.78. The smallest absolute Gasteiger partial charge is 0.398 e. The number of anilines is 1. The summed E-state index contributed by atoms with van der Waals surface area (Å²) >= 11 is 0. The maximum Gasteiger partial charge on any atom is 0.406 e. The topological polar surface area (TPSA) is 46.3 Å². The maximum absolute atomic E-state index is 12.9. The van der Waals surface area contributed by atoms with E-state index in [0.717, 1.165) is 18.2 Å². The minimum Gasteiger partial charge on any atom is -0.398 e. The molecular formula is C13H16F4N2O. The molecule has 1 amide bonds. The largest absolute Gasteiger partial charge is 0.406 e. The highest BCUT2D eigenvalue weighted by molar-refractivity contribution is 5.99. The highest BCUT2D eigenvalue weighted by atomic mass is 19.4. The van der Waals surface area contributed by atoms with E-state index in [1.807, 2.05) is 0 Å². The van der Waals surface area contributed by atoms with Crippen molar-refractivity contribution in [3.05, 3.63) is 29.6 Å². The number of nitrogens with zero attached hydrogens (tertiary/aromatic N) is 1. The van der Waals surface area contributed by atoms with Crippen LogP contribution in [-0.4, -0.2) is 30.1 Å². The lowest BCUT2D eigenvalue weighted by atomic mass is 10.1. The van der Waals surface area contributed by atoms with Gasteiger partial charge in [0.2, 0.25) is 0 Å². The van der Waals surface area contributed by atoms with Crippen LogP contribution in [0.3, 0.4) is 0 Å². The van der Waals surface area contributed by atoms with Crippen LogP contribution in [0.1, 0.15) is 24.2 Å². The Balaban J connectivity index is 3.03. The van der Waals surface area contributed by atoms with Gasteiger partial charge in [0.05, 0.1) is 5.56 Å². The number of carbonyl (C=O) groups is 1. The number of halogens is 4. The zero-order valence-corrected chi connectivity index (χ0v) is 11.2. The van der Waals surface area contributed by atoms with E-state index < -0.39 is 24.4 Å². The van der Waals surface area contributed by atoms with Crippen molar-refractivity contribution in [2.24, 2.45) is 5.92 Å². The van der Waals surface area contributed by atoms with Gasteiger partial charge in [-0.05, 0) is 24.1 Å². The molecule has 1 aromatic rings. The molecular weight excluding hydrogens is 276 g/mol. The molecule has 0 spiro atoms. The Kier molecular flexibility index (Phi) is 4.97. The number of nitrogens with two attached hydrogens (primary N) is 1. The van der Waals surface area contributed by atoms with Gasteiger partial charge in [0.25, 0.3) is 5.91 Å². The predicted octanol–water partition coefficient (Wildman–Crippen LogP) is 3.07. The Bertz CT molecular complexity index is 486. The van der Waals surface area contributed by atoms with Crippen molar-refractivity contribution in [3.63, 3.8) is 0 Å². The summed E-state index contributed by atoms with van der Waals surface area (Å²) in [7, 11) is 0. The van der Waals surface area contributed by atoms with E-state index in [4.69, 9.17) is 5.73 Å². The molecule has 0 atom stereocenters. The Morgan fingerprint density at radius 2 is 1.95 bits per heavy atom. The molecule has 0 aliphatic rings. The summed E-state index contributed by atoms with van der Waals surface area (Å²) in [6, 6.07) is 3.00. The first-order chi connectivity index (χ1) is 9.10. The number of carbonyl (C=O) groups excluding carboxylic acids is 1. The molecule has 0 aromatic heterocycles. The van der Waals surface area contributed by atoms with E-state index in [1.165, 1.54) is 0 Å². The summed E-state index contributed by atoms with van der Waals surface area (Å²) < 4.78 is 50.4. The van der Waals surface area contributed by atoms with E-state index in [1.54, 1.807) is 13.8 Å². The summed E-state index contributed by atoms with van der Waals surface area (Å²) in [4.78, 5) is 12.8. The average molecular weight is 292 g/mol. The van der Waals surface area contributed by atoms with Crippen molar-refractivity contribution in [1.29, 1.82) is 0 Å². The second-order valence-electron chi connectivity index (χ2n) is 4.93. The van der Waals surface area contributed by atoms with Gasteiger partial charge in [-0.3, -0.25) is 4.79 Å². The van der Waals surface area contributed by atoms with Crippen LogP contribution in [0.4, 0.5) is 23.2 Å². The first-order valence-electron chi connectivity index (χ1n) is 6.01. The lowest BCUT2D eigenvalue weighted by molar-refractivity contribution is -0.141. The second-order valence-corrected chi connectivity index (χ2v) is 4.93. The molecule has 0 aliphatic heterocycles. The fourth-order valence-electron chi connectivity index (χ4n) is 1.78. The molecule has 0 aliphatic carbocycles. The lowest BCUT2D eigenvalue weighted by Gasteiger charge is -2.26. The molecule has 3 nitrogen and oxygen atoms in total. The Hall–Kier alpha value is -1.79. The number of nitrogen functional groups attached to an aromatic ring is 1. The van der Waals surface area contributed by atoms with E-state index in [-0.39, 0.29) is 23.7 Å². The molecule has 1 aromatic carbocycles. The zero-order chi connectivity index (χ0) is 15.5. The number of hydrogen-bond donors (Lipinski definition) is 1. The van der Waals surface area contributed by atoms with Crippen LogP contribution >= 0.6 is 0 Å². The van der Waals surface area contributed by atoms with E-state index >= 15 is 0 Å². The number of rotatable bonds is 4. The summed E-state index contributed by atoms with van der Waals surface area (Å²) in [5.74, 6) is -1.64. The highest BCUT2D eigenvalue weighted by Gasteiger charge is 2.34. The van der Waals surface area contributed by atoms with Gasteiger partial charge in [0.15, 0.2) is 0 Å². The number of amides is 1. The van der Waals surface area contributed by atoms with Crippen LogP contribution in [0.25, 0.3) is 0 Å². The molecule has 0 heterocycles. The minimum absolute atomic E-state index is 0.0604. The van der Waals surface area contributed by atoms with Gasteiger partial charge in [-0.1, -0.05) is 13.8 Å². The van der Waals surface area contributed by atoms with Crippen molar-refractivity contribution in [3.8, 4) is 0 Å². The molecule has 112 valence electrons. The summed E-state index contributed by atoms with van der Waals surface area (Å²) in [5, 5.41) is 0. The third kappa shape index (κ3) is 4.71. The highest BCUT2D eigenvalue weighted by Crippen LogP contribution is 2.21. The van der Waals surface area contributed by atoms with E-state index in [9.17, 15) is 22.4 Å². The van der Waals surface area contributed by atoms with Gasteiger partial charge in [-0.15, -0.1) is 0 Å². The number of hydrogen-bond acceptors (Lipinski definition) is 2. The van der Waals surface area contributed by atoms with Gasteiger partial charge in [-0.2, -0.15) is 13.2 Å². The van der Waals surface area contributed by atoms with Crippen LogP contribution in [0.5, 0.6) is 0 Å². The van der Waals surface area contributed by atoms with Gasteiger partial charge in [0.1, 0.15) is 12.4 Å². The Morgan fingerprint density at radius 3 is 2.40 bits per heavy atom. The Labute approximate surface area is 114 Å². The maximum atomic E-state index is 12.9. The predicted molar refractivity (Wildman–Crippen MR) is 67.6 cm³/mol.